The molecule has 0 aromatic rings. The van der Waals surface area contributed by atoms with Crippen LogP contribution in [-0.4, -0.2) is 66.8 Å². The van der Waals surface area contributed by atoms with E-state index in [0.717, 1.165) is 39.4 Å². The van der Waals surface area contributed by atoms with Crippen molar-refractivity contribution in [3.05, 3.63) is 11.8 Å². The zero-order valence-electron chi connectivity index (χ0n) is 14.6. The normalized spacial score (nSPS) is 36.2. The summed E-state index contributed by atoms with van der Waals surface area (Å²) in [5, 5.41) is 0. The average molecular weight is 307 g/mol. The Kier molecular flexibility index (Phi) is 4.60. The van der Waals surface area contributed by atoms with Gasteiger partial charge >= 0.3 is 0 Å². The van der Waals surface area contributed by atoms with E-state index >= 15 is 0 Å². The lowest BCUT2D eigenvalue weighted by atomic mass is 9.78. The Balaban J connectivity index is 1.88. The van der Waals surface area contributed by atoms with E-state index in [9.17, 15) is 0 Å². The summed E-state index contributed by atoms with van der Waals surface area (Å²) >= 11 is 0. The van der Waals surface area contributed by atoms with Crippen LogP contribution in [0.3, 0.4) is 0 Å². The molecular formula is C18H31N2O2+. The van der Waals surface area contributed by atoms with Crippen molar-refractivity contribution < 1.29 is 14.0 Å². The monoisotopic (exact) mass is 307 g/mol. The maximum Gasteiger partial charge on any atom is 0.178 e. The summed E-state index contributed by atoms with van der Waals surface area (Å²) in [7, 11) is 0. The van der Waals surface area contributed by atoms with Gasteiger partial charge in [0.15, 0.2) is 18.8 Å². The van der Waals surface area contributed by atoms with Crippen molar-refractivity contribution in [2.75, 3.05) is 39.4 Å². The zero-order valence-corrected chi connectivity index (χ0v) is 14.6. The van der Waals surface area contributed by atoms with Crippen molar-refractivity contribution in [2.45, 2.75) is 52.7 Å². The lowest BCUT2D eigenvalue weighted by Gasteiger charge is -2.38. The first kappa shape index (κ1) is 16.0. The molecule has 2 heterocycles. The number of nitrogens with zero attached hydrogens (tertiary/aromatic N) is 2. The van der Waals surface area contributed by atoms with E-state index in [-0.39, 0.29) is 0 Å². The van der Waals surface area contributed by atoms with E-state index in [2.05, 4.69) is 43.2 Å². The smallest absolute Gasteiger partial charge is 0.178 e. The highest BCUT2D eigenvalue weighted by atomic mass is 16.5. The van der Waals surface area contributed by atoms with Crippen LogP contribution < -0.4 is 0 Å². The van der Waals surface area contributed by atoms with Crippen LogP contribution in [0.1, 0.15) is 40.5 Å². The molecule has 3 aliphatic rings. The summed E-state index contributed by atoms with van der Waals surface area (Å²) in [6.45, 7) is 15.0. The largest absolute Gasteiger partial charge is 0.378 e. The van der Waals surface area contributed by atoms with Crippen molar-refractivity contribution in [3.8, 4) is 0 Å². The second kappa shape index (κ2) is 6.32. The Morgan fingerprint density at radius 1 is 1.09 bits per heavy atom. The number of ether oxygens (including phenoxy) is 2. The van der Waals surface area contributed by atoms with E-state index in [4.69, 9.17) is 9.47 Å². The highest BCUT2D eigenvalue weighted by Gasteiger charge is 2.35. The third-order valence-corrected chi connectivity index (χ3v) is 4.90. The molecule has 124 valence electrons. The summed E-state index contributed by atoms with van der Waals surface area (Å²) in [6.07, 6.45) is 5.44. The molecule has 1 aliphatic carbocycles. The fourth-order valence-corrected chi connectivity index (χ4v) is 4.01. The minimum absolute atomic E-state index is 0.321. The molecule has 2 fully saturated rings. The molecule has 0 amide bonds. The molecule has 0 bridgehead atoms. The number of hydrogen-bond acceptors (Lipinski definition) is 3. The minimum atomic E-state index is 0.321. The van der Waals surface area contributed by atoms with Gasteiger partial charge in [-0.05, 0) is 25.7 Å². The fourth-order valence-electron chi connectivity index (χ4n) is 4.01. The summed E-state index contributed by atoms with van der Waals surface area (Å²) in [4.78, 5) is 2.53. The highest BCUT2D eigenvalue weighted by molar-refractivity contribution is 5.92. The molecular weight excluding hydrogens is 276 g/mol. The third-order valence-electron chi connectivity index (χ3n) is 4.90. The second-order valence-corrected chi connectivity index (χ2v) is 7.91. The van der Waals surface area contributed by atoms with Gasteiger partial charge in [0.25, 0.3) is 0 Å². The predicted octanol–water partition coefficient (Wildman–Crippen LogP) is 2.28. The molecule has 22 heavy (non-hydrogen) atoms. The summed E-state index contributed by atoms with van der Waals surface area (Å²) in [5.41, 5.74) is 3.34. The summed E-state index contributed by atoms with van der Waals surface area (Å²) in [5.74, 6) is 0. The lowest BCUT2D eigenvalue weighted by molar-refractivity contribution is -0.567. The predicted molar refractivity (Wildman–Crippen MR) is 88.5 cm³/mol. The van der Waals surface area contributed by atoms with Crippen molar-refractivity contribution in [3.63, 3.8) is 0 Å². The Labute approximate surface area is 134 Å². The van der Waals surface area contributed by atoms with Crippen LogP contribution in [0.15, 0.2) is 11.8 Å². The van der Waals surface area contributed by atoms with Crippen molar-refractivity contribution in [2.24, 2.45) is 5.41 Å². The van der Waals surface area contributed by atoms with E-state index in [1.165, 1.54) is 24.3 Å². The molecule has 4 nitrogen and oxygen atoms in total. The van der Waals surface area contributed by atoms with Crippen LogP contribution in [0.25, 0.3) is 0 Å². The van der Waals surface area contributed by atoms with Crippen LogP contribution in [-0.2, 0) is 9.47 Å². The van der Waals surface area contributed by atoms with Gasteiger partial charge in [-0.1, -0.05) is 13.8 Å². The van der Waals surface area contributed by atoms with E-state index in [1.54, 1.807) is 0 Å². The molecule has 2 aliphatic heterocycles. The molecule has 0 saturated carbocycles. The van der Waals surface area contributed by atoms with E-state index < -0.39 is 0 Å². The quantitative estimate of drug-likeness (QED) is 0.695. The Hall–Kier alpha value is -0.870. The second-order valence-electron chi connectivity index (χ2n) is 7.91. The number of morpholine rings is 2. The first-order chi connectivity index (χ1) is 10.4. The Bertz CT molecular complexity index is 463. The van der Waals surface area contributed by atoms with Gasteiger partial charge < -0.3 is 14.4 Å². The summed E-state index contributed by atoms with van der Waals surface area (Å²) < 4.78 is 14.0. The van der Waals surface area contributed by atoms with Crippen LogP contribution >= 0.6 is 0 Å². The highest BCUT2D eigenvalue weighted by Crippen LogP contribution is 2.36. The van der Waals surface area contributed by atoms with Gasteiger partial charge in [-0.2, -0.15) is 0 Å². The Morgan fingerprint density at radius 2 is 1.73 bits per heavy atom. The molecule has 0 N–H and O–H groups in total. The number of allylic oxidation sites excluding steroid dienone is 2. The number of hydrogen-bond donors (Lipinski definition) is 0. The molecule has 0 aromatic carbocycles. The van der Waals surface area contributed by atoms with Crippen molar-refractivity contribution in [1.82, 2.24) is 4.90 Å². The van der Waals surface area contributed by atoms with E-state index in [1.807, 2.05) is 0 Å². The maximum absolute atomic E-state index is 5.90. The van der Waals surface area contributed by atoms with Crippen molar-refractivity contribution >= 4 is 5.71 Å². The lowest BCUT2D eigenvalue weighted by Crippen LogP contribution is -2.45. The first-order valence-corrected chi connectivity index (χ1v) is 8.72. The number of rotatable bonds is 1. The average Bonchev–Trinajstić information content (AvgIpc) is 2.45. The fraction of sp³-hybridized carbons (Fsp3) is 0.833. The molecule has 0 radical (unpaired) electrons. The molecule has 2 saturated heterocycles. The van der Waals surface area contributed by atoms with Gasteiger partial charge in [0.2, 0.25) is 0 Å². The van der Waals surface area contributed by atoms with Crippen molar-refractivity contribution in [1.29, 1.82) is 0 Å². The SMILES string of the molecule is C[C@@H]1C[N+](=C2C=C(N3CCOCC3)CC(C)(C)C2)C[C@H](C)O1. The van der Waals surface area contributed by atoms with Gasteiger partial charge in [-0.25, -0.2) is 4.58 Å². The topological polar surface area (TPSA) is 24.7 Å². The maximum atomic E-state index is 5.90. The Morgan fingerprint density at radius 3 is 2.36 bits per heavy atom. The molecule has 2 atom stereocenters. The molecule has 3 rings (SSSR count). The first-order valence-electron chi connectivity index (χ1n) is 8.72. The van der Waals surface area contributed by atoms with Crippen LogP contribution in [0, 0.1) is 5.41 Å². The minimum Gasteiger partial charge on any atom is -0.378 e. The van der Waals surface area contributed by atoms with Gasteiger partial charge in [-0.3, -0.25) is 0 Å². The van der Waals surface area contributed by atoms with Crippen LogP contribution in [0.5, 0.6) is 0 Å². The third kappa shape index (κ3) is 3.72. The molecule has 0 unspecified atom stereocenters. The molecule has 0 spiro atoms. The van der Waals surface area contributed by atoms with Crippen LogP contribution in [0.4, 0.5) is 0 Å². The summed E-state index contributed by atoms with van der Waals surface area (Å²) in [6, 6.07) is 0. The van der Waals surface area contributed by atoms with Crippen LogP contribution in [0.2, 0.25) is 0 Å². The van der Waals surface area contributed by atoms with Gasteiger partial charge in [0.1, 0.15) is 12.2 Å². The van der Waals surface area contributed by atoms with E-state index in [0.29, 0.717) is 17.6 Å². The van der Waals surface area contributed by atoms with Gasteiger partial charge in [-0.15, -0.1) is 0 Å². The molecule has 4 heteroatoms. The standard InChI is InChI=1S/C18H31N2O2/c1-14-12-20(13-15(2)22-14)17-9-16(10-18(3,4)11-17)19-5-7-21-8-6-19/h9,14-15H,5-8,10-13H2,1-4H3/q+1/t14-,15+. The molecule has 0 aromatic heterocycles. The zero-order chi connectivity index (χ0) is 15.7. The van der Waals surface area contributed by atoms with Gasteiger partial charge in [0, 0.05) is 31.3 Å². The van der Waals surface area contributed by atoms with Gasteiger partial charge in [0.05, 0.1) is 13.2 Å².